The van der Waals surface area contributed by atoms with E-state index < -0.39 is 0 Å². The molecule has 2 atom stereocenters. The van der Waals surface area contributed by atoms with Crippen molar-refractivity contribution in [3.8, 4) is 0 Å². The summed E-state index contributed by atoms with van der Waals surface area (Å²) in [7, 11) is 0. The average Bonchev–Trinajstić information content (AvgIpc) is 2.67. The van der Waals surface area contributed by atoms with Crippen molar-refractivity contribution in [1.82, 2.24) is 4.90 Å². The zero-order valence-electron chi connectivity index (χ0n) is 13.5. The second kappa shape index (κ2) is 7.77. The van der Waals surface area contributed by atoms with Crippen molar-refractivity contribution in [2.75, 3.05) is 6.54 Å². The van der Waals surface area contributed by atoms with Gasteiger partial charge in [-0.15, -0.1) is 0 Å². The molecule has 1 aliphatic rings. The first kappa shape index (κ1) is 16.2. The molecule has 124 valence electrons. The Morgan fingerprint density at radius 2 is 1.75 bits per heavy atom. The lowest BCUT2D eigenvalue weighted by Crippen LogP contribution is -2.43. The largest absolute Gasteiger partial charge is 0.445 e. The van der Waals surface area contributed by atoms with Crippen LogP contribution in [-0.4, -0.2) is 23.8 Å². The van der Waals surface area contributed by atoms with E-state index in [0.717, 1.165) is 30.3 Å². The number of amides is 1. The van der Waals surface area contributed by atoms with E-state index in [1.165, 1.54) is 0 Å². The highest BCUT2D eigenvalue weighted by Crippen LogP contribution is 2.35. The highest BCUT2D eigenvalue weighted by atomic mass is 16.6. The number of rotatable bonds is 4. The first-order valence-electron chi connectivity index (χ1n) is 8.27. The minimum atomic E-state index is -0.362. The molecule has 0 spiro atoms. The van der Waals surface area contributed by atoms with Crippen molar-refractivity contribution in [3.05, 3.63) is 71.8 Å². The van der Waals surface area contributed by atoms with Crippen LogP contribution in [0.1, 0.15) is 30.0 Å². The van der Waals surface area contributed by atoms with Crippen molar-refractivity contribution in [1.29, 1.82) is 0 Å². The van der Waals surface area contributed by atoms with Crippen LogP contribution in [-0.2, 0) is 16.1 Å². The summed E-state index contributed by atoms with van der Waals surface area (Å²) >= 11 is 0. The van der Waals surface area contributed by atoms with E-state index in [1.807, 2.05) is 60.7 Å². The van der Waals surface area contributed by atoms with E-state index in [2.05, 4.69) is 0 Å². The predicted octanol–water partition coefficient (Wildman–Crippen LogP) is 3.98. The number of hydrogen-bond acceptors (Lipinski definition) is 3. The minimum Gasteiger partial charge on any atom is -0.445 e. The van der Waals surface area contributed by atoms with Gasteiger partial charge in [0.25, 0.3) is 0 Å². The van der Waals surface area contributed by atoms with Crippen molar-refractivity contribution < 1.29 is 14.3 Å². The molecule has 0 aliphatic carbocycles. The molecule has 1 saturated heterocycles. The van der Waals surface area contributed by atoms with Gasteiger partial charge in [-0.1, -0.05) is 60.7 Å². The first-order valence-corrected chi connectivity index (χ1v) is 8.27. The average molecular weight is 323 g/mol. The van der Waals surface area contributed by atoms with Crippen LogP contribution in [0.2, 0.25) is 0 Å². The summed E-state index contributed by atoms with van der Waals surface area (Å²) in [6.07, 6.45) is 2.21. The Balaban J connectivity index is 1.75. The molecular formula is C20H21NO3. The summed E-state index contributed by atoms with van der Waals surface area (Å²) in [5, 5.41) is 0. The standard InChI is InChI=1S/C20H21NO3/c22-14-18-12-7-13-21(19(18)17-10-5-2-6-11-17)20(23)24-15-16-8-3-1-4-9-16/h1-6,8-11,14,18-19H,7,12-13,15H2. The lowest BCUT2D eigenvalue weighted by atomic mass is 9.86. The maximum atomic E-state index is 12.6. The maximum Gasteiger partial charge on any atom is 0.410 e. The van der Waals surface area contributed by atoms with Crippen LogP contribution in [0, 0.1) is 5.92 Å². The zero-order valence-corrected chi connectivity index (χ0v) is 13.5. The number of benzene rings is 2. The van der Waals surface area contributed by atoms with Gasteiger partial charge in [-0.25, -0.2) is 4.79 Å². The molecule has 1 heterocycles. The van der Waals surface area contributed by atoms with Crippen LogP contribution < -0.4 is 0 Å². The normalized spacial score (nSPS) is 20.4. The zero-order chi connectivity index (χ0) is 16.8. The van der Waals surface area contributed by atoms with Gasteiger partial charge in [-0.05, 0) is 24.0 Å². The molecule has 1 amide bonds. The monoisotopic (exact) mass is 323 g/mol. The van der Waals surface area contributed by atoms with Gasteiger partial charge in [0.1, 0.15) is 12.9 Å². The fourth-order valence-corrected chi connectivity index (χ4v) is 3.25. The summed E-state index contributed by atoms with van der Waals surface area (Å²) < 4.78 is 5.48. The number of nitrogens with zero attached hydrogens (tertiary/aromatic N) is 1. The Hall–Kier alpha value is -2.62. The molecule has 3 rings (SSSR count). The summed E-state index contributed by atoms with van der Waals surface area (Å²) in [6.45, 7) is 0.848. The fourth-order valence-electron chi connectivity index (χ4n) is 3.25. The lowest BCUT2D eigenvalue weighted by Gasteiger charge is -2.38. The summed E-state index contributed by atoms with van der Waals surface area (Å²) in [5.74, 6) is -0.189. The van der Waals surface area contributed by atoms with Crippen molar-refractivity contribution in [2.45, 2.75) is 25.5 Å². The van der Waals surface area contributed by atoms with Crippen LogP contribution in [0.4, 0.5) is 4.79 Å². The Morgan fingerprint density at radius 1 is 1.08 bits per heavy atom. The molecule has 0 radical (unpaired) electrons. The van der Waals surface area contributed by atoms with Crippen LogP contribution in [0.5, 0.6) is 0 Å². The molecule has 24 heavy (non-hydrogen) atoms. The molecule has 0 bridgehead atoms. The van der Waals surface area contributed by atoms with Gasteiger partial charge in [-0.2, -0.15) is 0 Å². The van der Waals surface area contributed by atoms with Crippen LogP contribution >= 0.6 is 0 Å². The Labute approximate surface area is 142 Å². The number of likely N-dealkylation sites (tertiary alicyclic amines) is 1. The van der Waals surface area contributed by atoms with Crippen molar-refractivity contribution >= 4 is 12.4 Å². The van der Waals surface area contributed by atoms with E-state index in [4.69, 9.17) is 4.74 Å². The fraction of sp³-hybridized carbons (Fsp3) is 0.300. The number of ether oxygens (including phenoxy) is 1. The van der Waals surface area contributed by atoms with Crippen LogP contribution in [0.15, 0.2) is 60.7 Å². The number of piperidine rings is 1. The van der Waals surface area contributed by atoms with Gasteiger partial charge in [0, 0.05) is 12.5 Å². The number of hydrogen-bond donors (Lipinski definition) is 0. The van der Waals surface area contributed by atoms with Gasteiger partial charge in [0.15, 0.2) is 0 Å². The van der Waals surface area contributed by atoms with Gasteiger partial charge < -0.3 is 14.4 Å². The molecule has 0 N–H and O–H groups in total. The molecule has 1 aliphatic heterocycles. The van der Waals surface area contributed by atoms with Crippen molar-refractivity contribution in [3.63, 3.8) is 0 Å². The van der Waals surface area contributed by atoms with Crippen LogP contribution in [0.25, 0.3) is 0 Å². The molecule has 2 aromatic rings. The maximum absolute atomic E-state index is 12.6. The highest BCUT2D eigenvalue weighted by Gasteiger charge is 2.36. The SMILES string of the molecule is O=CC1CCCN(C(=O)OCc2ccccc2)C1c1ccccc1. The lowest BCUT2D eigenvalue weighted by molar-refractivity contribution is -0.114. The smallest absolute Gasteiger partial charge is 0.410 e. The second-order valence-corrected chi connectivity index (χ2v) is 6.03. The summed E-state index contributed by atoms with van der Waals surface area (Å²) in [6, 6.07) is 19.1. The molecule has 2 unspecified atom stereocenters. The predicted molar refractivity (Wildman–Crippen MR) is 91.3 cm³/mol. The summed E-state index contributed by atoms with van der Waals surface area (Å²) in [5.41, 5.74) is 1.93. The van der Waals surface area contributed by atoms with E-state index >= 15 is 0 Å². The van der Waals surface area contributed by atoms with Gasteiger partial charge in [0.2, 0.25) is 0 Å². The highest BCUT2D eigenvalue weighted by molar-refractivity contribution is 5.70. The topological polar surface area (TPSA) is 46.6 Å². The molecule has 1 fully saturated rings. The Kier molecular flexibility index (Phi) is 5.26. The number of carbonyl (C=O) groups is 2. The first-order chi connectivity index (χ1) is 11.8. The third-order valence-electron chi connectivity index (χ3n) is 4.43. The molecular weight excluding hydrogens is 302 g/mol. The van der Waals surface area contributed by atoms with Crippen LogP contribution in [0.3, 0.4) is 0 Å². The minimum absolute atomic E-state index is 0.189. The Bertz CT molecular complexity index is 672. The van der Waals surface area contributed by atoms with Crippen molar-refractivity contribution in [2.24, 2.45) is 5.92 Å². The molecule has 0 saturated carbocycles. The second-order valence-electron chi connectivity index (χ2n) is 6.03. The number of carbonyl (C=O) groups excluding carboxylic acids is 2. The van der Waals surface area contributed by atoms with E-state index in [-0.39, 0.29) is 24.7 Å². The third kappa shape index (κ3) is 3.65. The van der Waals surface area contributed by atoms with E-state index in [1.54, 1.807) is 4.90 Å². The van der Waals surface area contributed by atoms with E-state index in [9.17, 15) is 9.59 Å². The van der Waals surface area contributed by atoms with Gasteiger partial charge in [-0.3, -0.25) is 0 Å². The summed E-state index contributed by atoms with van der Waals surface area (Å²) in [4.78, 5) is 25.8. The third-order valence-corrected chi connectivity index (χ3v) is 4.43. The van der Waals surface area contributed by atoms with Gasteiger partial charge >= 0.3 is 6.09 Å². The number of aldehydes is 1. The molecule has 2 aromatic carbocycles. The van der Waals surface area contributed by atoms with E-state index in [0.29, 0.717) is 6.54 Å². The molecule has 0 aromatic heterocycles. The van der Waals surface area contributed by atoms with Gasteiger partial charge in [0.05, 0.1) is 6.04 Å². The quantitative estimate of drug-likeness (QED) is 0.800. The molecule has 4 nitrogen and oxygen atoms in total. The molecule has 4 heteroatoms. The Morgan fingerprint density at radius 3 is 2.42 bits per heavy atom.